The highest BCUT2D eigenvalue weighted by Crippen LogP contribution is 2.23. The minimum atomic E-state index is -1.18. The molecule has 138 valence electrons. The quantitative estimate of drug-likeness (QED) is 0.763. The van der Waals surface area contributed by atoms with Gasteiger partial charge in [-0.25, -0.2) is 9.18 Å². The fourth-order valence-corrected chi connectivity index (χ4v) is 3.19. The molecule has 0 aliphatic carbocycles. The Bertz CT molecular complexity index is 952. The molecule has 7 nitrogen and oxygen atoms in total. The first kappa shape index (κ1) is 17.0. The maximum Gasteiger partial charge on any atom is 0.360 e. The molecule has 0 amide bonds. The summed E-state index contributed by atoms with van der Waals surface area (Å²) in [4.78, 5) is 16.8. The Balaban J connectivity index is 1.59. The lowest BCUT2D eigenvalue weighted by Crippen LogP contribution is -2.47. The number of para-hydroxylation sites is 2. The summed E-state index contributed by atoms with van der Waals surface area (Å²) in [5.41, 5.74) is 1.08. The van der Waals surface area contributed by atoms with Crippen molar-refractivity contribution in [3.63, 3.8) is 0 Å². The highest BCUT2D eigenvalue weighted by atomic mass is 19.1. The van der Waals surface area contributed by atoms with Crippen LogP contribution in [0.25, 0.3) is 5.69 Å². The fraction of sp³-hybridized carbons (Fsp3) is 0.211. The third-order valence-electron chi connectivity index (χ3n) is 4.57. The van der Waals surface area contributed by atoms with Crippen LogP contribution in [0.4, 0.5) is 15.9 Å². The van der Waals surface area contributed by atoms with Crippen molar-refractivity contribution < 1.29 is 14.3 Å². The number of halogens is 1. The summed E-state index contributed by atoms with van der Waals surface area (Å²) in [6.45, 7) is 2.67. The van der Waals surface area contributed by atoms with Crippen LogP contribution in [0.3, 0.4) is 0 Å². The Kier molecular flexibility index (Phi) is 4.45. The third kappa shape index (κ3) is 3.33. The van der Waals surface area contributed by atoms with Crippen LogP contribution in [-0.4, -0.2) is 52.2 Å². The number of aromatic nitrogens is 3. The number of hydrogen-bond acceptors (Lipinski definition) is 5. The lowest BCUT2D eigenvalue weighted by Gasteiger charge is -2.36. The van der Waals surface area contributed by atoms with E-state index < -0.39 is 11.8 Å². The van der Waals surface area contributed by atoms with Crippen molar-refractivity contribution in [2.45, 2.75) is 0 Å². The molecule has 8 heteroatoms. The monoisotopic (exact) mass is 367 g/mol. The Morgan fingerprint density at radius 2 is 1.52 bits per heavy atom. The molecule has 0 spiro atoms. The van der Waals surface area contributed by atoms with E-state index in [1.54, 1.807) is 12.1 Å². The van der Waals surface area contributed by atoms with Gasteiger partial charge in [0.25, 0.3) is 0 Å². The number of anilines is 2. The fourth-order valence-electron chi connectivity index (χ4n) is 3.19. The number of carboxylic acids is 1. The molecule has 1 aliphatic rings. The topological polar surface area (TPSA) is 74.5 Å². The normalized spacial score (nSPS) is 14.4. The van der Waals surface area contributed by atoms with Crippen molar-refractivity contribution in [2.24, 2.45) is 0 Å². The molecule has 1 aromatic heterocycles. The molecule has 27 heavy (non-hydrogen) atoms. The van der Waals surface area contributed by atoms with Crippen LogP contribution < -0.4 is 9.80 Å². The van der Waals surface area contributed by atoms with Gasteiger partial charge in [0.2, 0.25) is 5.69 Å². The molecule has 2 heterocycles. The lowest BCUT2D eigenvalue weighted by molar-refractivity contribution is 0.0690. The molecule has 0 saturated carbocycles. The Labute approximate surface area is 155 Å². The molecule has 0 atom stereocenters. The van der Waals surface area contributed by atoms with Gasteiger partial charge >= 0.3 is 5.97 Å². The molecule has 0 radical (unpaired) electrons. The first-order chi connectivity index (χ1) is 13.1. The zero-order chi connectivity index (χ0) is 18.8. The number of hydrogen-bond donors (Lipinski definition) is 1. The van der Waals surface area contributed by atoms with Gasteiger partial charge in [0.1, 0.15) is 5.69 Å². The summed E-state index contributed by atoms with van der Waals surface area (Å²) >= 11 is 0. The van der Waals surface area contributed by atoms with Crippen LogP contribution in [0.2, 0.25) is 0 Å². The van der Waals surface area contributed by atoms with Gasteiger partial charge in [0.15, 0.2) is 11.6 Å². The molecular formula is C19H18FN5O2. The maximum atomic E-state index is 14.0. The first-order valence-corrected chi connectivity index (χ1v) is 8.64. The van der Waals surface area contributed by atoms with Gasteiger partial charge in [-0.1, -0.05) is 30.3 Å². The van der Waals surface area contributed by atoms with Crippen molar-refractivity contribution in [3.05, 3.63) is 66.1 Å². The molecule has 4 rings (SSSR count). The highest BCUT2D eigenvalue weighted by molar-refractivity contribution is 5.91. The zero-order valence-electron chi connectivity index (χ0n) is 14.5. The smallest absolute Gasteiger partial charge is 0.360 e. The molecule has 1 fully saturated rings. The van der Waals surface area contributed by atoms with Crippen LogP contribution in [0.5, 0.6) is 0 Å². The third-order valence-corrected chi connectivity index (χ3v) is 4.57. The average Bonchev–Trinajstić information content (AvgIpc) is 3.15. The van der Waals surface area contributed by atoms with Crippen molar-refractivity contribution in [1.82, 2.24) is 15.0 Å². The summed E-state index contributed by atoms with van der Waals surface area (Å²) in [6.07, 6.45) is 0. The predicted molar refractivity (Wildman–Crippen MR) is 99.1 cm³/mol. The number of piperazine rings is 1. The largest absolute Gasteiger partial charge is 0.476 e. The second-order valence-electron chi connectivity index (χ2n) is 6.23. The van der Waals surface area contributed by atoms with Crippen LogP contribution in [0.15, 0.2) is 54.6 Å². The van der Waals surface area contributed by atoms with Gasteiger partial charge in [-0.15, -0.1) is 15.0 Å². The van der Waals surface area contributed by atoms with Gasteiger partial charge in [-0.3, -0.25) is 0 Å². The minimum Gasteiger partial charge on any atom is -0.476 e. The van der Waals surface area contributed by atoms with Crippen molar-refractivity contribution in [2.75, 3.05) is 36.0 Å². The number of nitrogens with zero attached hydrogens (tertiary/aromatic N) is 5. The number of carboxylic acid groups (broad SMARTS) is 1. The second-order valence-corrected chi connectivity index (χ2v) is 6.23. The summed E-state index contributed by atoms with van der Waals surface area (Å²) in [5.74, 6) is -1.43. The van der Waals surface area contributed by atoms with Crippen LogP contribution >= 0.6 is 0 Å². The average molecular weight is 367 g/mol. The summed E-state index contributed by atoms with van der Waals surface area (Å²) < 4.78 is 14.0. The van der Waals surface area contributed by atoms with Gasteiger partial charge in [0.05, 0.1) is 0 Å². The van der Waals surface area contributed by atoms with Crippen LogP contribution in [-0.2, 0) is 0 Å². The number of benzene rings is 2. The lowest BCUT2D eigenvalue weighted by atomic mass is 10.2. The Hall–Kier alpha value is -3.42. The van der Waals surface area contributed by atoms with E-state index in [-0.39, 0.29) is 17.2 Å². The van der Waals surface area contributed by atoms with E-state index in [0.29, 0.717) is 13.1 Å². The van der Waals surface area contributed by atoms with Crippen molar-refractivity contribution in [1.29, 1.82) is 0 Å². The number of rotatable bonds is 4. The van der Waals surface area contributed by atoms with Gasteiger partial charge in [-0.2, -0.15) is 0 Å². The van der Waals surface area contributed by atoms with E-state index in [2.05, 4.69) is 15.1 Å². The Morgan fingerprint density at radius 3 is 2.19 bits per heavy atom. The van der Waals surface area contributed by atoms with Gasteiger partial charge < -0.3 is 14.9 Å². The van der Waals surface area contributed by atoms with E-state index in [1.807, 2.05) is 35.2 Å². The Morgan fingerprint density at radius 1 is 0.889 bits per heavy atom. The summed E-state index contributed by atoms with van der Waals surface area (Å²) in [7, 11) is 0. The van der Waals surface area contributed by atoms with Gasteiger partial charge in [0, 0.05) is 31.9 Å². The van der Waals surface area contributed by atoms with E-state index in [4.69, 9.17) is 0 Å². The molecular weight excluding hydrogens is 349 g/mol. The molecule has 1 saturated heterocycles. The SMILES string of the molecule is O=C(O)c1nn(-c2ccccc2F)nc1N1CCN(c2ccccc2)CC1. The first-order valence-electron chi connectivity index (χ1n) is 8.64. The van der Waals surface area contributed by atoms with E-state index in [0.717, 1.165) is 23.6 Å². The summed E-state index contributed by atoms with van der Waals surface area (Å²) in [6, 6.07) is 16.1. The molecule has 3 aromatic rings. The molecule has 0 bridgehead atoms. The number of carbonyl (C=O) groups is 1. The van der Waals surface area contributed by atoms with E-state index >= 15 is 0 Å². The zero-order valence-corrected chi connectivity index (χ0v) is 14.5. The summed E-state index contributed by atoms with van der Waals surface area (Å²) in [5, 5.41) is 17.8. The van der Waals surface area contributed by atoms with Gasteiger partial charge in [-0.05, 0) is 24.3 Å². The molecule has 2 aromatic carbocycles. The van der Waals surface area contributed by atoms with E-state index in [1.165, 1.54) is 12.1 Å². The maximum absolute atomic E-state index is 14.0. The number of aromatic carboxylic acids is 1. The highest BCUT2D eigenvalue weighted by Gasteiger charge is 2.27. The van der Waals surface area contributed by atoms with Crippen molar-refractivity contribution in [3.8, 4) is 5.69 Å². The van der Waals surface area contributed by atoms with Crippen molar-refractivity contribution >= 4 is 17.5 Å². The minimum absolute atomic E-state index is 0.120. The molecule has 0 unspecified atom stereocenters. The predicted octanol–water partition coefficient (Wildman–Crippen LogP) is 2.43. The second kappa shape index (κ2) is 7.06. The standard InChI is InChI=1S/C19H18FN5O2/c20-15-8-4-5-9-16(15)25-21-17(19(26)27)18(22-25)24-12-10-23(11-13-24)14-6-2-1-3-7-14/h1-9H,10-13H2,(H,26,27). The van der Waals surface area contributed by atoms with Crippen LogP contribution in [0, 0.1) is 5.82 Å². The van der Waals surface area contributed by atoms with Crippen LogP contribution in [0.1, 0.15) is 10.5 Å². The van der Waals surface area contributed by atoms with E-state index in [9.17, 15) is 14.3 Å². The molecule has 1 aliphatic heterocycles. The molecule has 1 N–H and O–H groups in total.